The molecule has 0 bridgehead atoms. The predicted molar refractivity (Wildman–Crippen MR) is 171 cm³/mol. The number of carboxylic acids is 1. The van der Waals surface area contributed by atoms with Crippen molar-refractivity contribution >= 4 is 50.0 Å². The van der Waals surface area contributed by atoms with E-state index in [-0.39, 0.29) is 5.56 Å². The number of pyridine rings is 1. The Bertz CT molecular complexity index is 2090. The molecule has 0 saturated carbocycles. The Hall–Kier alpha value is -4.31. The molecule has 1 N–H and O–H groups in total. The minimum absolute atomic E-state index is 0.227. The van der Waals surface area contributed by atoms with Gasteiger partial charge in [0.1, 0.15) is 0 Å². The molecular weight excluding hydrogens is 584 g/mol. The summed E-state index contributed by atoms with van der Waals surface area (Å²) in [7, 11) is 1.90. The van der Waals surface area contributed by atoms with Gasteiger partial charge in [0.05, 0.1) is 27.5 Å². The average molecular weight is 613 g/mol. The third kappa shape index (κ3) is 5.47. The van der Waals surface area contributed by atoms with Crippen molar-refractivity contribution in [2.24, 2.45) is 7.05 Å². The molecule has 0 saturated heterocycles. The van der Waals surface area contributed by atoms with Gasteiger partial charge in [-0.2, -0.15) is 5.10 Å². The molecular formula is C33H29ClN4O4S. The van der Waals surface area contributed by atoms with Crippen LogP contribution in [0.1, 0.15) is 38.0 Å². The Morgan fingerprint density at radius 2 is 1.72 bits per heavy atom. The molecule has 0 aliphatic carbocycles. The Morgan fingerprint density at radius 3 is 2.42 bits per heavy atom. The monoisotopic (exact) mass is 612 g/mol. The molecule has 6 rings (SSSR count). The summed E-state index contributed by atoms with van der Waals surface area (Å²) >= 11 is 7.54. The Kier molecular flexibility index (Phi) is 7.20. The molecule has 8 nitrogen and oxygen atoms in total. The Morgan fingerprint density at radius 1 is 1.02 bits per heavy atom. The molecule has 43 heavy (non-hydrogen) atoms. The first-order chi connectivity index (χ1) is 20.4. The summed E-state index contributed by atoms with van der Waals surface area (Å²) in [5.74, 6) is -1.09. The molecule has 0 fully saturated rings. The molecule has 1 unspecified atom stereocenters. The summed E-state index contributed by atoms with van der Waals surface area (Å²) < 4.78 is 10.2. The van der Waals surface area contributed by atoms with Gasteiger partial charge in [0.15, 0.2) is 11.2 Å². The van der Waals surface area contributed by atoms with Gasteiger partial charge in [-0.1, -0.05) is 41.1 Å². The van der Waals surface area contributed by atoms with Gasteiger partial charge < -0.3 is 9.84 Å². The fourth-order valence-electron chi connectivity index (χ4n) is 5.28. The fraction of sp³-hybridized carbons (Fsp3) is 0.212. The molecule has 3 aromatic carbocycles. The summed E-state index contributed by atoms with van der Waals surface area (Å²) in [5, 5.41) is 16.7. The van der Waals surface area contributed by atoms with E-state index in [2.05, 4.69) is 5.10 Å². The van der Waals surface area contributed by atoms with E-state index in [9.17, 15) is 14.7 Å². The number of aliphatic carboxylic acids is 1. The van der Waals surface area contributed by atoms with E-state index < -0.39 is 17.7 Å². The molecule has 0 aliphatic rings. The fourth-order valence-corrected chi connectivity index (χ4v) is 6.51. The number of aryl methyl sites for hydroxylation is 2. The molecule has 1 atom stereocenters. The molecule has 0 radical (unpaired) electrons. The van der Waals surface area contributed by atoms with Crippen LogP contribution in [-0.4, -0.2) is 36.0 Å². The quantitative estimate of drug-likeness (QED) is 0.208. The maximum atomic E-state index is 13.2. The number of aromatic nitrogens is 4. The van der Waals surface area contributed by atoms with Crippen LogP contribution in [0.4, 0.5) is 0 Å². The van der Waals surface area contributed by atoms with Gasteiger partial charge in [-0.3, -0.25) is 14.0 Å². The largest absolute Gasteiger partial charge is 0.479 e. The molecule has 10 heteroatoms. The van der Waals surface area contributed by atoms with Crippen LogP contribution in [0.15, 0.2) is 77.9 Å². The lowest BCUT2D eigenvalue weighted by Gasteiger charge is -2.28. The van der Waals surface area contributed by atoms with Crippen molar-refractivity contribution in [3.05, 3.63) is 99.6 Å². The van der Waals surface area contributed by atoms with Crippen LogP contribution in [-0.2, 0) is 16.6 Å². The van der Waals surface area contributed by atoms with Gasteiger partial charge in [-0.25, -0.2) is 9.78 Å². The minimum Gasteiger partial charge on any atom is -0.479 e. The normalized spacial score (nSPS) is 12.7. The highest BCUT2D eigenvalue weighted by atomic mass is 35.5. The number of hydrogen-bond donors (Lipinski definition) is 1. The highest BCUT2D eigenvalue weighted by Crippen LogP contribution is 2.43. The highest BCUT2D eigenvalue weighted by Gasteiger charge is 2.32. The van der Waals surface area contributed by atoms with Crippen molar-refractivity contribution < 1.29 is 14.6 Å². The van der Waals surface area contributed by atoms with E-state index in [0.717, 1.165) is 37.9 Å². The maximum Gasteiger partial charge on any atom is 0.337 e. The molecule has 0 spiro atoms. The SMILES string of the molecule is Cc1cc2nc(-n3cc(-c4ccc5c(cnn5C)c4)ccc3=O)sc2c(-c2ccc(Cl)cc2)c1C(OC(C)(C)C)C(=O)O. The van der Waals surface area contributed by atoms with Gasteiger partial charge in [0.25, 0.3) is 5.56 Å². The summed E-state index contributed by atoms with van der Waals surface area (Å²) in [4.78, 5) is 30.7. The highest BCUT2D eigenvalue weighted by molar-refractivity contribution is 7.21. The number of benzene rings is 3. The van der Waals surface area contributed by atoms with Gasteiger partial charge in [-0.15, -0.1) is 0 Å². The lowest BCUT2D eigenvalue weighted by atomic mass is 9.91. The lowest BCUT2D eigenvalue weighted by Crippen LogP contribution is -2.28. The van der Waals surface area contributed by atoms with Gasteiger partial charge in [0, 0.05) is 40.8 Å². The van der Waals surface area contributed by atoms with Crippen molar-refractivity contribution in [1.82, 2.24) is 19.3 Å². The van der Waals surface area contributed by atoms with E-state index in [1.807, 2.05) is 82.0 Å². The molecule has 0 aliphatic heterocycles. The number of ether oxygens (including phenoxy) is 1. The van der Waals surface area contributed by atoms with Crippen LogP contribution in [0.3, 0.4) is 0 Å². The Labute approximate surface area is 256 Å². The molecule has 6 aromatic rings. The number of fused-ring (bicyclic) bond motifs is 2. The molecule has 0 amide bonds. The van der Waals surface area contributed by atoms with E-state index in [1.165, 1.54) is 22.0 Å². The summed E-state index contributed by atoms with van der Waals surface area (Å²) in [6.07, 6.45) is 2.37. The standard InChI is InChI=1S/C33H29ClN4O4S/c1-18-14-24-30(28(19-6-10-23(34)11-7-19)27(18)29(31(40)41)42-33(2,3)4)43-32(36-24)38-17-21(9-13-26(38)39)20-8-12-25-22(15-20)16-35-37(25)5/h6-17,29H,1-5H3,(H,40,41). The number of carbonyl (C=O) groups is 1. The first-order valence-electron chi connectivity index (χ1n) is 13.7. The van der Waals surface area contributed by atoms with Crippen LogP contribution in [0.5, 0.6) is 0 Å². The predicted octanol–water partition coefficient (Wildman–Crippen LogP) is 7.57. The Balaban J connectivity index is 1.56. The topological polar surface area (TPSA) is 99.2 Å². The van der Waals surface area contributed by atoms with E-state index in [0.29, 0.717) is 26.8 Å². The second-order valence-corrected chi connectivity index (χ2v) is 12.9. The van der Waals surface area contributed by atoms with Gasteiger partial charge >= 0.3 is 5.97 Å². The van der Waals surface area contributed by atoms with Gasteiger partial charge in [0.2, 0.25) is 0 Å². The number of hydrogen-bond acceptors (Lipinski definition) is 6. The molecule has 218 valence electrons. The molecule has 3 heterocycles. The minimum atomic E-state index is -1.23. The van der Waals surface area contributed by atoms with Crippen molar-refractivity contribution in [2.45, 2.75) is 39.4 Å². The third-order valence-corrected chi connectivity index (χ3v) is 8.54. The number of carboxylic acid groups (broad SMARTS) is 1. The van der Waals surface area contributed by atoms with Crippen LogP contribution in [0, 0.1) is 6.92 Å². The summed E-state index contributed by atoms with van der Waals surface area (Å²) in [6, 6.07) is 18.5. The van der Waals surface area contributed by atoms with Crippen LogP contribution in [0.25, 0.3) is 48.5 Å². The van der Waals surface area contributed by atoms with Crippen LogP contribution in [0.2, 0.25) is 5.02 Å². The smallest absolute Gasteiger partial charge is 0.337 e. The second-order valence-electron chi connectivity index (χ2n) is 11.5. The average Bonchev–Trinajstić information content (AvgIpc) is 3.54. The first kappa shape index (κ1) is 28.8. The number of thiazole rings is 1. The number of nitrogens with zero attached hydrogens (tertiary/aromatic N) is 4. The van der Waals surface area contributed by atoms with Gasteiger partial charge in [-0.05, 0) is 86.3 Å². The maximum absolute atomic E-state index is 13.2. The third-order valence-electron chi connectivity index (χ3n) is 7.20. The first-order valence-corrected chi connectivity index (χ1v) is 14.8. The second kappa shape index (κ2) is 10.8. The summed E-state index contributed by atoms with van der Waals surface area (Å²) in [6.45, 7) is 7.34. The van der Waals surface area contributed by atoms with Crippen LogP contribution >= 0.6 is 22.9 Å². The van der Waals surface area contributed by atoms with E-state index in [4.69, 9.17) is 21.3 Å². The van der Waals surface area contributed by atoms with E-state index >= 15 is 0 Å². The van der Waals surface area contributed by atoms with Crippen molar-refractivity contribution in [3.63, 3.8) is 0 Å². The zero-order valence-corrected chi connectivity index (χ0v) is 25.8. The summed E-state index contributed by atoms with van der Waals surface area (Å²) in [5.41, 5.74) is 5.25. The van der Waals surface area contributed by atoms with Crippen molar-refractivity contribution in [1.29, 1.82) is 0 Å². The van der Waals surface area contributed by atoms with Crippen molar-refractivity contribution in [3.8, 4) is 27.4 Å². The zero-order chi connectivity index (χ0) is 30.6. The zero-order valence-electron chi connectivity index (χ0n) is 24.3. The van der Waals surface area contributed by atoms with E-state index in [1.54, 1.807) is 24.4 Å². The number of rotatable bonds is 6. The van der Waals surface area contributed by atoms with Crippen LogP contribution < -0.4 is 5.56 Å². The van der Waals surface area contributed by atoms with Crippen molar-refractivity contribution in [2.75, 3.05) is 0 Å². The molecule has 3 aromatic heterocycles. The lowest BCUT2D eigenvalue weighted by molar-refractivity contribution is -0.160. The number of halogens is 1.